The molecule has 0 unspecified atom stereocenters. The molecule has 1 aromatic carbocycles. The normalized spacial score (nSPS) is 9.62. The van der Waals surface area contributed by atoms with Crippen molar-refractivity contribution in [3.63, 3.8) is 0 Å². The number of hydrogen-bond acceptors (Lipinski definition) is 2. The summed E-state index contributed by atoms with van der Waals surface area (Å²) >= 11 is 0. The van der Waals surface area contributed by atoms with Crippen LogP contribution in [0.2, 0.25) is 0 Å². The molecule has 0 radical (unpaired) electrons. The maximum absolute atomic E-state index is 10.4. The Morgan fingerprint density at radius 3 is 2.69 bits per heavy atom. The van der Waals surface area contributed by atoms with E-state index in [1.54, 1.807) is 25.1 Å². The zero-order valence-corrected chi connectivity index (χ0v) is 7.28. The lowest BCUT2D eigenvalue weighted by Crippen LogP contribution is -2.02. The van der Waals surface area contributed by atoms with Gasteiger partial charge in [-0.05, 0) is 24.1 Å². The standard InChI is InChI=1S/C10H10O3/c1-7-4-8(6-11)2-3-9(7)5-10(12)13/h2-4,6H,5H2,1H3,(H,12,13). The summed E-state index contributed by atoms with van der Waals surface area (Å²) in [5.41, 5.74) is 2.16. The number of aliphatic carboxylic acids is 1. The van der Waals surface area contributed by atoms with Crippen molar-refractivity contribution in [3.05, 3.63) is 34.9 Å². The van der Waals surface area contributed by atoms with Gasteiger partial charge in [-0.3, -0.25) is 9.59 Å². The number of benzene rings is 1. The van der Waals surface area contributed by atoms with E-state index in [2.05, 4.69) is 0 Å². The third kappa shape index (κ3) is 2.40. The maximum atomic E-state index is 10.4. The SMILES string of the molecule is Cc1cc(C=O)ccc1CC(=O)O. The summed E-state index contributed by atoms with van der Waals surface area (Å²) in [6.45, 7) is 1.80. The second-order valence-corrected chi connectivity index (χ2v) is 2.87. The summed E-state index contributed by atoms with van der Waals surface area (Å²) in [6, 6.07) is 4.98. The van der Waals surface area contributed by atoms with Gasteiger partial charge in [0.05, 0.1) is 6.42 Å². The number of carboxylic acids is 1. The molecular weight excluding hydrogens is 168 g/mol. The van der Waals surface area contributed by atoms with Crippen molar-refractivity contribution in [1.29, 1.82) is 0 Å². The molecule has 0 amide bonds. The maximum Gasteiger partial charge on any atom is 0.307 e. The minimum absolute atomic E-state index is 0.00493. The summed E-state index contributed by atoms with van der Waals surface area (Å²) in [5, 5.41) is 8.55. The van der Waals surface area contributed by atoms with E-state index in [1.807, 2.05) is 0 Å². The smallest absolute Gasteiger partial charge is 0.307 e. The molecule has 0 atom stereocenters. The van der Waals surface area contributed by atoms with Gasteiger partial charge in [-0.25, -0.2) is 0 Å². The molecule has 13 heavy (non-hydrogen) atoms. The Bertz CT molecular complexity index is 342. The molecule has 0 aliphatic heterocycles. The first-order chi connectivity index (χ1) is 6.13. The summed E-state index contributed by atoms with van der Waals surface area (Å²) in [4.78, 5) is 20.8. The van der Waals surface area contributed by atoms with Gasteiger partial charge in [0.1, 0.15) is 6.29 Å². The van der Waals surface area contributed by atoms with Crippen LogP contribution >= 0.6 is 0 Å². The van der Waals surface area contributed by atoms with Crippen molar-refractivity contribution in [2.45, 2.75) is 13.3 Å². The first-order valence-corrected chi connectivity index (χ1v) is 3.90. The number of hydrogen-bond donors (Lipinski definition) is 1. The highest BCUT2D eigenvalue weighted by Gasteiger charge is 2.03. The van der Waals surface area contributed by atoms with Gasteiger partial charge < -0.3 is 5.11 Å². The largest absolute Gasteiger partial charge is 0.481 e. The Labute approximate surface area is 76.0 Å². The molecule has 0 spiro atoms. The van der Waals surface area contributed by atoms with Crippen molar-refractivity contribution < 1.29 is 14.7 Å². The van der Waals surface area contributed by atoms with Crippen molar-refractivity contribution in [2.75, 3.05) is 0 Å². The molecule has 0 saturated carbocycles. The van der Waals surface area contributed by atoms with Crippen LogP contribution in [0.4, 0.5) is 0 Å². The highest BCUT2D eigenvalue weighted by Crippen LogP contribution is 2.10. The highest BCUT2D eigenvalue weighted by molar-refractivity contribution is 5.76. The van der Waals surface area contributed by atoms with E-state index in [0.717, 1.165) is 17.4 Å². The first kappa shape index (κ1) is 9.45. The van der Waals surface area contributed by atoms with E-state index < -0.39 is 5.97 Å². The van der Waals surface area contributed by atoms with E-state index in [0.29, 0.717) is 5.56 Å². The first-order valence-electron chi connectivity index (χ1n) is 3.90. The lowest BCUT2D eigenvalue weighted by molar-refractivity contribution is -0.136. The minimum atomic E-state index is -0.859. The van der Waals surface area contributed by atoms with Crippen LogP contribution in [0.3, 0.4) is 0 Å². The Morgan fingerprint density at radius 1 is 1.54 bits per heavy atom. The van der Waals surface area contributed by atoms with Crippen molar-refractivity contribution >= 4 is 12.3 Å². The minimum Gasteiger partial charge on any atom is -0.481 e. The third-order valence-electron chi connectivity index (χ3n) is 1.84. The highest BCUT2D eigenvalue weighted by atomic mass is 16.4. The number of carboxylic acid groups (broad SMARTS) is 1. The van der Waals surface area contributed by atoms with E-state index in [1.165, 1.54) is 0 Å². The Morgan fingerprint density at radius 2 is 2.23 bits per heavy atom. The van der Waals surface area contributed by atoms with Crippen LogP contribution in [-0.2, 0) is 11.2 Å². The number of rotatable bonds is 3. The molecule has 1 N–H and O–H groups in total. The van der Waals surface area contributed by atoms with Gasteiger partial charge >= 0.3 is 5.97 Å². The number of carbonyl (C=O) groups is 2. The fraction of sp³-hybridized carbons (Fsp3) is 0.200. The number of aryl methyl sites for hydroxylation is 1. The Balaban J connectivity index is 2.98. The van der Waals surface area contributed by atoms with Crippen LogP contribution in [0.1, 0.15) is 21.5 Å². The van der Waals surface area contributed by atoms with Crippen molar-refractivity contribution in [3.8, 4) is 0 Å². The molecule has 0 aromatic heterocycles. The van der Waals surface area contributed by atoms with E-state index in [4.69, 9.17) is 5.11 Å². The lowest BCUT2D eigenvalue weighted by Gasteiger charge is -2.02. The van der Waals surface area contributed by atoms with Crippen molar-refractivity contribution in [1.82, 2.24) is 0 Å². The van der Waals surface area contributed by atoms with Crippen LogP contribution in [0.25, 0.3) is 0 Å². The summed E-state index contributed by atoms with van der Waals surface area (Å²) in [6.07, 6.45) is 0.752. The third-order valence-corrected chi connectivity index (χ3v) is 1.84. The molecule has 0 aliphatic carbocycles. The summed E-state index contributed by atoms with van der Waals surface area (Å²) in [7, 11) is 0. The van der Waals surface area contributed by atoms with Gasteiger partial charge in [-0.15, -0.1) is 0 Å². The molecule has 1 aromatic rings. The van der Waals surface area contributed by atoms with Crippen molar-refractivity contribution in [2.24, 2.45) is 0 Å². The van der Waals surface area contributed by atoms with Crippen LogP contribution in [-0.4, -0.2) is 17.4 Å². The molecule has 68 valence electrons. The average molecular weight is 178 g/mol. The molecule has 3 nitrogen and oxygen atoms in total. The molecule has 0 fully saturated rings. The summed E-state index contributed by atoms with van der Waals surface area (Å²) < 4.78 is 0. The van der Waals surface area contributed by atoms with Gasteiger partial charge in [0.2, 0.25) is 0 Å². The quantitative estimate of drug-likeness (QED) is 0.712. The lowest BCUT2D eigenvalue weighted by atomic mass is 10.0. The zero-order chi connectivity index (χ0) is 9.84. The predicted molar refractivity (Wildman–Crippen MR) is 47.9 cm³/mol. The predicted octanol–water partition coefficient (Wildman–Crippen LogP) is 1.43. The fourth-order valence-electron chi connectivity index (χ4n) is 1.15. The Kier molecular flexibility index (Phi) is 2.80. The van der Waals surface area contributed by atoms with E-state index in [9.17, 15) is 9.59 Å². The van der Waals surface area contributed by atoms with Gasteiger partial charge in [-0.2, -0.15) is 0 Å². The van der Waals surface area contributed by atoms with Crippen LogP contribution < -0.4 is 0 Å². The van der Waals surface area contributed by atoms with Gasteiger partial charge in [0.25, 0.3) is 0 Å². The van der Waals surface area contributed by atoms with E-state index >= 15 is 0 Å². The summed E-state index contributed by atoms with van der Waals surface area (Å²) in [5.74, 6) is -0.859. The van der Waals surface area contributed by atoms with E-state index in [-0.39, 0.29) is 6.42 Å². The zero-order valence-electron chi connectivity index (χ0n) is 7.28. The van der Waals surface area contributed by atoms with Crippen LogP contribution in [0.5, 0.6) is 0 Å². The van der Waals surface area contributed by atoms with Gasteiger partial charge in [-0.1, -0.05) is 12.1 Å². The van der Waals surface area contributed by atoms with Gasteiger partial charge in [0.15, 0.2) is 0 Å². The molecule has 3 heteroatoms. The fourth-order valence-corrected chi connectivity index (χ4v) is 1.15. The average Bonchev–Trinajstić information content (AvgIpc) is 2.08. The topological polar surface area (TPSA) is 54.4 Å². The monoisotopic (exact) mass is 178 g/mol. The van der Waals surface area contributed by atoms with Crippen LogP contribution in [0.15, 0.2) is 18.2 Å². The van der Waals surface area contributed by atoms with Gasteiger partial charge in [0, 0.05) is 5.56 Å². The second kappa shape index (κ2) is 3.85. The number of carbonyl (C=O) groups excluding carboxylic acids is 1. The Hall–Kier alpha value is -1.64. The molecule has 1 rings (SSSR count). The molecule has 0 bridgehead atoms. The molecular formula is C10H10O3. The second-order valence-electron chi connectivity index (χ2n) is 2.87. The number of aldehydes is 1. The van der Waals surface area contributed by atoms with Crippen LogP contribution in [0, 0.1) is 6.92 Å². The molecule has 0 heterocycles. The molecule has 0 aliphatic rings. The molecule has 0 saturated heterocycles.